The molecule has 5 nitrogen and oxygen atoms in total. The lowest BCUT2D eigenvalue weighted by molar-refractivity contribution is 0.870. The van der Waals surface area contributed by atoms with Crippen molar-refractivity contribution in [2.45, 2.75) is 10.1 Å². The first-order chi connectivity index (χ1) is 9.10. The van der Waals surface area contributed by atoms with Gasteiger partial charge in [0.1, 0.15) is 0 Å². The largest absolute Gasteiger partial charge is 0.357 e. The minimum atomic E-state index is 0.563. The summed E-state index contributed by atoms with van der Waals surface area (Å²) < 4.78 is 1.03. The number of aromatic nitrogens is 3. The van der Waals surface area contributed by atoms with Crippen LogP contribution in [-0.2, 0) is 0 Å². The van der Waals surface area contributed by atoms with Gasteiger partial charge in [-0.25, -0.2) is 0 Å². The molecule has 0 saturated carbocycles. The Labute approximate surface area is 125 Å². The highest BCUT2D eigenvalue weighted by Crippen LogP contribution is 2.32. The van der Waals surface area contributed by atoms with Crippen molar-refractivity contribution < 1.29 is 0 Å². The van der Waals surface area contributed by atoms with Crippen molar-refractivity contribution in [3.63, 3.8) is 0 Å². The molecule has 1 N–H and O–H groups in total. The molecule has 0 aliphatic rings. The van der Waals surface area contributed by atoms with Crippen molar-refractivity contribution >= 4 is 39.6 Å². The summed E-state index contributed by atoms with van der Waals surface area (Å²) in [5, 5.41) is 3.61. The lowest BCUT2D eigenvalue weighted by atomic mass is 10.4. The van der Waals surface area contributed by atoms with E-state index in [4.69, 9.17) is 0 Å². The number of nitrogens with one attached hydrogen (secondary N) is 1. The van der Waals surface area contributed by atoms with Crippen LogP contribution in [0.4, 0.5) is 11.9 Å². The highest BCUT2D eigenvalue weighted by atomic mass is 79.9. The lowest BCUT2D eigenvalue weighted by Crippen LogP contribution is -2.15. The molecular weight excluding hydrogens is 326 g/mol. The third-order valence-electron chi connectivity index (χ3n) is 2.26. The molecule has 1 aromatic heterocycles. The predicted octanol–water partition coefficient (Wildman–Crippen LogP) is 2.89. The minimum absolute atomic E-state index is 0.563. The van der Waals surface area contributed by atoms with Crippen LogP contribution < -0.4 is 10.2 Å². The summed E-state index contributed by atoms with van der Waals surface area (Å²) in [6.45, 7) is 0. The van der Waals surface area contributed by atoms with Crippen LogP contribution in [0.1, 0.15) is 0 Å². The second-order valence-electron chi connectivity index (χ2n) is 3.92. The number of halogens is 1. The second-order valence-corrected chi connectivity index (χ2v) is 5.78. The average molecular weight is 340 g/mol. The molecule has 0 unspecified atom stereocenters. The molecule has 2 rings (SSSR count). The second kappa shape index (κ2) is 6.21. The van der Waals surface area contributed by atoms with E-state index in [2.05, 4.69) is 36.2 Å². The van der Waals surface area contributed by atoms with E-state index in [1.807, 2.05) is 43.3 Å². The molecule has 0 spiro atoms. The van der Waals surface area contributed by atoms with Crippen molar-refractivity contribution in [2.24, 2.45) is 0 Å². The van der Waals surface area contributed by atoms with Gasteiger partial charge in [0, 0.05) is 30.5 Å². The van der Waals surface area contributed by atoms with E-state index in [1.54, 1.807) is 7.05 Å². The number of hydrogen-bond donors (Lipinski definition) is 1. The Hall–Kier alpha value is -1.34. The van der Waals surface area contributed by atoms with Crippen LogP contribution in [-0.4, -0.2) is 36.1 Å². The zero-order valence-electron chi connectivity index (χ0n) is 10.9. The van der Waals surface area contributed by atoms with Crippen molar-refractivity contribution in [1.29, 1.82) is 0 Å². The summed E-state index contributed by atoms with van der Waals surface area (Å²) in [6.07, 6.45) is 0. The average Bonchev–Trinajstić information content (AvgIpc) is 2.41. The maximum atomic E-state index is 4.42. The summed E-state index contributed by atoms with van der Waals surface area (Å²) >= 11 is 5.02. The predicted molar refractivity (Wildman–Crippen MR) is 82.0 cm³/mol. The Bertz CT molecular complexity index is 576. The van der Waals surface area contributed by atoms with Crippen LogP contribution >= 0.6 is 27.7 Å². The third-order valence-corrected chi connectivity index (χ3v) is 4.16. The van der Waals surface area contributed by atoms with Gasteiger partial charge >= 0.3 is 0 Å². The summed E-state index contributed by atoms with van der Waals surface area (Å²) in [6, 6.07) is 7.98. The van der Waals surface area contributed by atoms with Gasteiger partial charge < -0.3 is 10.2 Å². The van der Waals surface area contributed by atoms with Crippen LogP contribution in [0, 0.1) is 0 Å². The Morgan fingerprint density at radius 2 is 1.89 bits per heavy atom. The topological polar surface area (TPSA) is 53.9 Å². The molecule has 100 valence electrons. The molecule has 7 heteroatoms. The van der Waals surface area contributed by atoms with Gasteiger partial charge in [-0.15, -0.1) is 0 Å². The van der Waals surface area contributed by atoms with E-state index in [1.165, 1.54) is 11.8 Å². The van der Waals surface area contributed by atoms with Gasteiger partial charge in [-0.05, 0) is 39.8 Å². The lowest BCUT2D eigenvalue weighted by Gasteiger charge is -2.12. The van der Waals surface area contributed by atoms with Crippen molar-refractivity contribution in [1.82, 2.24) is 15.0 Å². The zero-order chi connectivity index (χ0) is 13.8. The van der Waals surface area contributed by atoms with Crippen LogP contribution in [0.2, 0.25) is 0 Å². The van der Waals surface area contributed by atoms with Gasteiger partial charge in [0.25, 0.3) is 0 Å². The molecule has 19 heavy (non-hydrogen) atoms. The van der Waals surface area contributed by atoms with Gasteiger partial charge in [-0.3, -0.25) is 0 Å². The van der Waals surface area contributed by atoms with E-state index in [0.29, 0.717) is 17.1 Å². The highest BCUT2D eigenvalue weighted by molar-refractivity contribution is 9.10. The van der Waals surface area contributed by atoms with E-state index >= 15 is 0 Å². The quantitative estimate of drug-likeness (QED) is 0.924. The van der Waals surface area contributed by atoms with Gasteiger partial charge in [0.15, 0.2) is 5.16 Å². The molecule has 0 bridgehead atoms. The molecule has 2 aromatic rings. The first kappa shape index (κ1) is 14.1. The number of hydrogen-bond acceptors (Lipinski definition) is 6. The van der Waals surface area contributed by atoms with Gasteiger partial charge in [-0.2, -0.15) is 15.0 Å². The highest BCUT2D eigenvalue weighted by Gasteiger charge is 2.10. The molecular formula is C12H14BrN5S. The normalized spacial score (nSPS) is 10.3. The first-order valence-electron chi connectivity index (χ1n) is 5.63. The van der Waals surface area contributed by atoms with Crippen molar-refractivity contribution in [3.05, 3.63) is 28.7 Å². The fourth-order valence-corrected chi connectivity index (χ4v) is 2.62. The molecule has 1 heterocycles. The Morgan fingerprint density at radius 3 is 2.53 bits per heavy atom. The van der Waals surface area contributed by atoms with E-state index in [0.717, 1.165) is 9.37 Å². The van der Waals surface area contributed by atoms with E-state index in [-0.39, 0.29) is 0 Å². The number of rotatable bonds is 4. The summed E-state index contributed by atoms with van der Waals surface area (Å²) in [4.78, 5) is 16.0. The SMILES string of the molecule is CNc1nc(Sc2ccccc2Br)nc(N(C)C)n1. The Balaban J connectivity index is 2.34. The fourth-order valence-electron chi connectivity index (χ4n) is 1.33. The fraction of sp³-hybridized carbons (Fsp3) is 0.250. The molecule has 0 saturated heterocycles. The summed E-state index contributed by atoms with van der Waals surface area (Å²) in [7, 11) is 5.60. The van der Waals surface area contributed by atoms with Gasteiger partial charge in [0.2, 0.25) is 11.9 Å². The molecule has 0 aliphatic heterocycles. The van der Waals surface area contributed by atoms with Crippen LogP contribution in [0.3, 0.4) is 0 Å². The summed E-state index contributed by atoms with van der Waals surface area (Å²) in [5.74, 6) is 1.20. The Morgan fingerprint density at radius 1 is 1.16 bits per heavy atom. The first-order valence-corrected chi connectivity index (χ1v) is 7.24. The maximum absolute atomic E-state index is 4.42. The van der Waals surface area contributed by atoms with Gasteiger partial charge in [-0.1, -0.05) is 12.1 Å². The molecule has 0 radical (unpaired) electrons. The summed E-state index contributed by atoms with van der Waals surface area (Å²) in [5.41, 5.74) is 0. The van der Waals surface area contributed by atoms with Crippen molar-refractivity contribution in [3.8, 4) is 0 Å². The van der Waals surface area contributed by atoms with Crippen LogP contribution in [0.5, 0.6) is 0 Å². The smallest absolute Gasteiger partial charge is 0.230 e. The molecule has 0 fully saturated rings. The van der Waals surface area contributed by atoms with E-state index in [9.17, 15) is 0 Å². The number of nitrogens with zero attached hydrogens (tertiary/aromatic N) is 4. The third kappa shape index (κ3) is 3.57. The van der Waals surface area contributed by atoms with Crippen LogP contribution in [0.15, 0.2) is 38.8 Å². The maximum Gasteiger partial charge on any atom is 0.230 e. The number of anilines is 2. The molecule has 1 aromatic carbocycles. The van der Waals surface area contributed by atoms with E-state index < -0.39 is 0 Å². The Kier molecular flexibility index (Phi) is 4.60. The monoisotopic (exact) mass is 339 g/mol. The minimum Gasteiger partial charge on any atom is -0.357 e. The molecule has 0 amide bonds. The molecule has 0 aliphatic carbocycles. The molecule has 0 atom stereocenters. The standard InChI is InChI=1S/C12H14BrN5S/c1-14-10-15-11(18(2)3)17-12(16-10)19-9-7-5-4-6-8(9)13/h4-7H,1-3H3,(H,14,15,16,17). The zero-order valence-corrected chi connectivity index (χ0v) is 13.3. The van der Waals surface area contributed by atoms with Crippen LogP contribution in [0.25, 0.3) is 0 Å². The van der Waals surface area contributed by atoms with Gasteiger partial charge in [0.05, 0.1) is 0 Å². The van der Waals surface area contributed by atoms with Crippen molar-refractivity contribution in [2.75, 3.05) is 31.4 Å². The number of benzene rings is 1.